The number of likely N-dealkylation sites (tertiary alicyclic amines) is 1. The van der Waals surface area contributed by atoms with E-state index >= 15 is 0 Å². The largest absolute Gasteiger partial charge is 0.491 e. The number of hydrogen-bond donors (Lipinski definition) is 2. The van der Waals surface area contributed by atoms with E-state index in [0.717, 1.165) is 13.0 Å². The van der Waals surface area contributed by atoms with Crippen LogP contribution in [0.2, 0.25) is 0 Å². The molecular weight excluding hydrogens is 244 g/mol. The minimum absolute atomic E-state index is 0.0374. The van der Waals surface area contributed by atoms with Crippen molar-refractivity contribution in [1.82, 2.24) is 9.88 Å². The standard InChI is InChI=1S/C13H20N4O2/c1-17-7-2-3-10(17)5-8-19-12-9-15-6-4-11(12)13(14)16-18/h4,6,9-10,18H,2-3,5,7-8H2,1H3,(H2,14,16). The van der Waals surface area contributed by atoms with Gasteiger partial charge >= 0.3 is 0 Å². The fourth-order valence-electron chi connectivity index (χ4n) is 2.41. The van der Waals surface area contributed by atoms with Gasteiger partial charge in [-0.1, -0.05) is 5.16 Å². The molecule has 1 atom stereocenters. The maximum absolute atomic E-state index is 8.73. The van der Waals surface area contributed by atoms with Gasteiger partial charge in [-0.25, -0.2) is 0 Å². The fourth-order valence-corrected chi connectivity index (χ4v) is 2.41. The van der Waals surface area contributed by atoms with E-state index in [2.05, 4.69) is 22.1 Å². The summed E-state index contributed by atoms with van der Waals surface area (Å²) in [6.45, 7) is 1.76. The van der Waals surface area contributed by atoms with E-state index in [9.17, 15) is 0 Å². The average molecular weight is 264 g/mol. The van der Waals surface area contributed by atoms with E-state index in [4.69, 9.17) is 15.7 Å². The first-order valence-electron chi connectivity index (χ1n) is 6.47. The highest BCUT2D eigenvalue weighted by Gasteiger charge is 2.20. The molecule has 1 aliphatic rings. The van der Waals surface area contributed by atoms with Crippen LogP contribution in [0.5, 0.6) is 5.75 Å². The Hall–Kier alpha value is -1.82. The molecule has 19 heavy (non-hydrogen) atoms. The van der Waals surface area contributed by atoms with Gasteiger partial charge in [0.05, 0.1) is 18.4 Å². The molecule has 6 nitrogen and oxygen atoms in total. The molecule has 0 amide bonds. The van der Waals surface area contributed by atoms with E-state index in [0.29, 0.717) is 24.0 Å². The van der Waals surface area contributed by atoms with Gasteiger partial charge in [-0.05, 0) is 38.9 Å². The third-order valence-electron chi connectivity index (χ3n) is 3.55. The molecule has 1 unspecified atom stereocenters. The zero-order valence-corrected chi connectivity index (χ0v) is 11.1. The number of amidine groups is 1. The number of ether oxygens (including phenoxy) is 1. The highest BCUT2D eigenvalue weighted by Crippen LogP contribution is 2.20. The average Bonchev–Trinajstić information content (AvgIpc) is 2.84. The van der Waals surface area contributed by atoms with Gasteiger partial charge in [0.1, 0.15) is 5.75 Å². The second-order valence-corrected chi connectivity index (χ2v) is 4.77. The van der Waals surface area contributed by atoms with Crippen molar-refractivity contribution in [2.75, 3.05) is 20.2 Å². The third-order valence-corrected chi connectivity index (χ3v) is 3.55. The highest BCUT2D eigenvalue weighted by atomic mass is 16.5. The summed E-state index contributed by atoms with van der Waals surface area (Å²) in [4.78, 5) is 6.36. The number of hydrogen-bond acceptors (Lipinski definition) is 5. The summed E-state index contributed by atoms with van der Waals surface area (Å²) < 4.78 is 5.71. The zero-order valence-electron chi connectivity index (χ0n) is 11.1. The van der Waals surface area contributed by atoms with Crippen LogP contribution < -0.4 is 10.5 Å². The van der Waals surface area contributed by atoms with Crippen LogP contribution in [-0.4, -0.2) is 47.2 Å². The van der Waals surface area contributed by atoms with Crippen LogP contribution in [0.1, 0.15) is 24.8 Å². The van der Waals surface area contributed by atoms with Crippen molar-refractivity contribution in [3.05, 3.63) is 24.0 Å². The molecule has 104 valence electrons. The summed E-state index contributed by atoms with van der Waals surface area (Å²) in [5, 5.41) is 11.7. The van der Waals surface area contributed by atoms with Gasteiger partial charge in [-0.2, -0.15) is 0 Å². The predicted molar refractivity (Wildman–Crippen MR) is 72.5 cm³/mol. The van der Waals surface area contributed by atoms with Crippen molar-refractivity contribution < 1.29 is 9.94 Å². The molecule has 3 N–H and O–H groups in total. The molecule has 0 saturated carbocycles. The zero-order chi connectivity index (χ0) is 13.7. The topological polar surface area (TPSA) is 84.0 Å². The maximum Gasteiger partial charge on any atom is 0.173 e. The summed E-state index contributed by atoms with van der Waals surface area (Å²) in [6, 6.07) is 2.26. The van der Waals surface area contributed by atoms with Gasteiger partial charge in [0, 0.05) is 12.2 Å². The molecule has 2 heterocycles. The first-order valence-corrected chi connectivity index (χ1v) is 6.47. The van der Waals surface area contributed by atoms with E-state index in [1.54, 1.807) is 18.5 Å². The van der Waals surface area contributed by atoms with Gasteiger partial charge in [-0.3, -0.25) is 4.98 Å². The van der Waals surface area contributed by atoms with E-state index in [1.807, 2.05) is 0 Å². The quantitative estimate of drug-likeness (QED) is 0.359. The molecule has 2 rings (SSSR count). The van der Waals surface area contributed by atoms with Gasteiger partial charge < -0.3 is 20.6 Å². The molecule has 0 bridgehead atoms. The Labute approximate surface area is 112 Å². The normalized spacial score (nSPS) is 20.7. The number of aromatic nitrogens is 1. The van der Waals surface area contributed by atoms with Crippen molar-refractivity contribution in [1.29, 1.82) is 0 Å². The van der Waals surface area contributed by atoms with Crippen LogP contribution in [0.25, 0.3) is 0 Å². The number of oxime groups is 1. The van der Waals surface area contributed by atoms with Crippen molar-refractivity contribution >= 4 is 5.84 Å². The maximum atomic E-state index is 8.73. The number of rotatable bonds is 5. The molecule has 0 spiro atoms. The monoisotopic (exact) mass is 264 g/mol. The SMILES string of the molecule is CN1CCCC1CCOc1cnccc1/C(N)=N/O. The molecule has 1 aliphatic heterocycles. The molecular formula is C13H20N4O2. The number of pyridine rings is 1. The van der Waals surface area contributed by atoms with Crippen molar-refractivity contribution in [3.8, 4) is 5.75 Å². The number of nitrogens with zero attached hydrogens (tertiary/aromatic N) is 3. The molecule has 0 aliphatic carbocycles. The molecule has 1 aromatic heterocycles. The lowest BCUT2D eigenvalue weighted by Gasteiger charge is -2.19. The lowest BCUT2D eigenvalue weighted by Crippen LogP contribution is -2.26. The highest BCUT2D eigenvalue weighted by molar-refractivity contribution is 5.99. The Kier molecular flexibility index (Phi) is 4.57. The summed E-state index contributed by atoms with van der Waals surface area (Å²) in [6.07, 6.45) is 6.63. The molecule has 1 fully saturated rings. The molecule has 1 saturated heterocycles. The van der Waals surface area contributed by atoms with Crippen LogP contribution in [-0.2, 0) is 0 Å². The Morgan fingerprint density at radius 2 is 2.53 bits per heavy atom. The second kappa shape index (κ2) is 6.38. The van der Waals surface area contributed by atoms with Crippen LogP contribution >= 0.6 is 0 Å². The minimum atomic E-state index is 0.0374. The van der Waals surface area contributed by atoms with Crippen LogP contribution in [0.15, 0.2) is 23.6 Å². The van der Waals surface area contributed by atoms with Crippen LogP contribution in [0.3, 0.4) is 0 Å². The summed E-state index contributed by atoms with van der Waals surface area (Å²) in [7, 11) is 2.14. The lowest BCUT2D eigenvalue weighted by molar-refractivity contribution is 0.232. The molecule has 1 aromatic rings. The Morgan fingerprint density at radius 1 is 1.68 bits per heavy atom. The minimum Gasteiger partial charge on any atom is -0.491 e. The van der Waals surface area contributed by atoms with Gasteiger partial charge in [0.2, 0.25) is 0 Å². The first-order chi connectivity index (χ1) is 9.22. The van der Waals surface area contributed by atoms with Crippen LogP contribution in [0, 0.1) is 0 Å². The Balaban J connectivity index is 1.92. The smallest absolute Gasteiger partial charge is 0.173 e. The van der Waals surface area contributed by atoms with Gasteiger partial charge in [0.25, 0.3) is 0 Å². The molecule has 0 aromatic carbocycles. The predicted octanol–water partition coefficient (Wildman–Crippen LogP) is 1.04. The van der Waals surface area contributed by atoms with Gasteiger partial charge in [0.15, 0.2) is 5.84 Å². The summed E-state index contributed by atoms with van der Waals surface area (Å²) in [5.74, 6) is 0.592. The third kappa shape index (κ3) is 3.35. The van der Waals surface area contributed by atoms with Crippen molar-refractivity contribution in [2.45, 2.75) is 25.3 Å². The van der Waals surface area contributed by atoms with E-state index in [1.165, 1.54) is 12.8 Å². The van der Waals surface area contributed by atoms with E-state index < -0.39 is 0 Å². The summed E-state index contributed by atoms with van der Waals surface area (Å²) in [5.41, 5.74) is 6.16. The van der Waals surface area contributed by atoms with Crippen molar-refractivity contribution in [3.63, 3.8) is 0 Å². The Bertz CT molecular complexity index is 450. The number of nitrogens with two attached hydrogens (primary N) is 1. The fraction of sp³-hybridized carbons (Fsp3) is 0.538. The summed E-state index contributed by atoms with van der Waals surface area (Å²) >= 11 is 0. The molecule has 0 radical (unpaired) electrons. The molecule has 6 heteroatoms. The van der Waals surface area contributed by atoms with Crippen molar-refractivity contribution in [2.24, 2.45) is 10.9 Å². The lowest BCUT2D eigenvalue weighted by atomic mass is 10.1. The van der Waals surface area contributed by atoms with Gasteiger partial charge in [-0.15, -0.1) is 0 Å². The first kappa shape index (κ1) is 13.6. The second-order valence-electron chi connectivity index (χ2n) is 4.77. The Morgan fingerprint density at radius 3 is 3.21 bits per heavy atom. The van der Waals surface area contributed by atoms with E-state index in [-0.39, 0.29) is 5.84 Å². The van der Waals surface area contributed by atoms with Crippen LogP contribution in [0.4, 0.5) is 0 Å².